The van der Waals surface area contributed by atoms with Crippen molar-refractivity contribution in [2.45, 2.75) is 31.7 Å². The SMILES string of the molecule is Nc1cc(Cl)ccc1C(=O)N1CCC(N2CCCC2)CC1. The van der Waals surface area contributed by atoms with E-state index < -0.39 is 0 Å². The molecule has 21 heavy (non-hydrogen) atoms. The number of likely N-dealkylation sites (tertiary alicyclic amines) is 2. The van der Waals surface area contributed by atoms with Gasteiger partial charge in [0.05, 0.1) is 5.56 Å². The van der Waals surface area contributed by atoms with Gasteiger partial charge in [-0.3, -0.25) is 4.79 Å². The molecule has 1 amide bonds. The average molecular weight is 308 g/mol. The van der Waals surface area contributed by atoms with Crippen molar-refractivity contribution < 1.29 is 4.79 Å². The van der Waals surface area contributed by atoms with Crippen LogP contribution in [-0.2, 0) is 0 Å². The van der Waals surface area contributed by atoms with Crippen molar-refractivity contribution in [3.05, 3.63) is 28.8 Å². The molecule has 0 aliphatic carbocycles. The zero-order valence-corrected chi connectivity index (χ0v) is 13.0. The lowest BCUT2D eigenvalue weighted by Gasteiger charge is -2.36. The number of nitrogens with two attached hydrogens (primary N) is 1. The Hall–Kier alpha value is -1.26. The zero-order valence-electron chi connectivity index (χ0n) is 12.2. The van der Waals surface area contributed by atoms with Crippen LogP contribution in [0.5, 0.6) is 0 Å². The van der Waals surface area contributed by atoms with Crippen LogP contribution < -0.4 is 5.73 Å². The highest BCUT2D eigenvalue weighted by molar-refractivity contribution is 6.31. The number of amides is 1. The second-order valence-corrected chi connectivity index (χ2v) is 6.43. The third kappa shape index (κ3) is 3.16. The number of carbonyl (C=O) groups is 1. The Morgan fingerprint density at radius 1 is 1.14 bits per heavy atom. The van der Waals surface area contributed by atoms with Gasteiger partial charge in [0.2, 0.25) is 0 Å². The minimum absolute atomic E-state index is 0.0315. The molecule has 2 N–H and O–H groups in total. The molecule has 1 aromatic rings. The minimum atomic E-state index is 0.0315. The normalized spacial score (nSPS) is 20.9. The molecule has 0 saturated carbocycles. The van der Waals surface area contributed by atoms with Crippen molar-refractivity contribution >= 4 is 23.2 Å². The summed E-state index contributed by atoms with van der Waals surface area (Å²) in [5.74, 6) is 0.0315. The number of piperidine rings is 1. The average Bonchev–Trinajstić information content (AvgIpc) is 3.01. The second-order valence-electron chi connectivity index (χ2n) is 6.00. The molecule has 0 spiro atoms. The second kappa shape index (κ2) is 6.24. The molecule has 2 aliphatic heterocycles. The summed E-state index contributed by atoms with van der Waals surface area (Å²) in [6.45, 7) is 4.09. The number of anilines is 1. The molecule has 2 aliphatic rings. The predicted molar refractivity (Wildman–Crippen MR) is 85.6 cm³/mol. The van der Waals surface area contributed by atoms with Crippen molar-refractivity contribution in [3.8, 4) is 0 Å². The molecule has 0 unspecified atom stereocenters. The van der Waals surface area contributed by atoms with Gasteiger partial charge in [0.1, 0.15) is 0 Å². The molecule has 0 atom stereocenters. The van der Waals surface area contributed by atoms with Crippen molar-refractivity contribution in [3.63, 3.8) is 0 Å². The Bertz CT molecular complexity index is 520. The molecule has 2 fully saturated rings. The molecular formula is C16H22ClN3O. The van der Waals surface area contributed by atoms with Gasteiger partial charge in [-0.05, 0) is 57.0 Å². The lowest BCUT2D eigenvalue weighted by Crippen LogP contribution is -2.46. The molecule has 114 valence electrons. The van der Waals surface area contributed by atoms with Crippen LogP contribution in [0.1, 0.15) is 36.0 Å². The van der Waals surface area contributed by atoms with Crippen molar-refractivity contribution in [2.75, 3.05) is 31.9 Å². The third-order valence-electron chi connectivity index (χ3n) is 4.65. The Balaban J connectivity index is 1.62. The van der Waals surface area contributed by atoms with Gasteiger partial charge in [0.15, 0.2) is 0 Å². The number of rotatable bonds is 2. The van der Waals surface area contributed by atoms with E-state index in [1.54, 1.807) is 18.2 Å². The lowest BCUT2D eigenvalue weighted by atomic mass is 10.0. The highest BCUT2D eigenvalue weighted by Gasteiger charge is 2.29. The van der Waals surface area contributed by atoms with Gasteiger partial charge in [-0.25, -0.2) is 0 Å². The fraction of sp³-hybridized carbons (Fsp3) is 0.562. The number of carbonyl (C=O) groups excluding carboxylic acids is 1. The molecule has 1 aromatic carbocycles. The molecule has 4 nitrogen and oxygen atoms in total. The first-order valence-corrected chi connectivity index (χ1v) is 8.11. The summed E-state index contributed by atoms with van der Waals surface area (Å²) in [4.78, 5) is 17.1. The molecule has 2 saturated heterocycles. The lowest BCUT2D eigenvalue weighted by molar-refractivity contribution is 0.0645. The van der Waals surface area contributed by atoms with Gasteiger partial charge in [-0.1, -0.05) is 11.6 Å². The molecule has 0 aromatic heterocycles. The van der Waals surface area contributed by atoms with E-state index >= 15 is 0 Å². The number of halogens is 1. The predicted octanol–water partition coefficient (Wildman–Crippen LogP) is 2.62. The van der Waals surface area contributed by atoms with E-state index in [2.05, 4.69) is 4.90 Å². The molecule has 0 radical (unpaired) electrons. The summed E-state index contributed by atoms with van der Waals surface area (Å²) < 4.78 is 0. The van der Waals surface area contributed by atoms with Gasteiger partial charge in [0.25, 0.3) is 5.91 Å². The van der Waals surface area contributed by atoms with Crippen LogP contribution in [0.25, 0.3) is 0 Å². The summed E-state index contributed by atoms with van der Waals surface area (Å²) in [6, 6.07) is 5.75. The first-order chi connectivity index (χ1) is 10.1. The summed E-state index contributed by atoms with van der Waals surface area (Å²) in [5, 5.41) is 0.566. The molecule has 2 heterocycles. The van der Waals surface area contributed by atoms with Crippen LogP contribution in [0.3, 0.4) is 0 Å². The Labute approximate surface area is 130 Å². The van der Waals surface area contributed by atoms with E-state index in [1.165, 1.54) is 25.9 Å². The van der Waals surface area contributed by atoms with E-state index in [1.807, 2.05) is 4.90 Å². The highest BCUT2D eigenvalue weighted by Crippen LogP contribution is 2.24. The van der Waals surface area contributed by atoms with Crippen LogP contribution >= 0.6 is 11.6 Å². The largest absolute Gasteiger partial charge is 0.398 e. The Morgan fingerprint density at radius 2 is 1.81 bits per heavy atom. The van der Waals surface area contributed by atoms with E-state index in [0.29, 0.717) is 22.3 Å². The van der Waals surface area contributed by atoms with Crippen LogP contribution in [-0.4, -0.2) is 47.9 Å². The summed E-state index contributed by atoms with van der Waals surface area (Å²) in [6.07, 6.45) is 4.78. The first kappa shape index (κ1) is 14.7. The molecular weight excluding hydrogens is 286 g/mol. The van der Waals surface area contributed by atoms with Crippen molar-refractivity contribution in [1.82, 2.24) is 9.80 Å². The smallest absolute Gasteiger partial charge is 0.255 e. The van der Waals surface area contributed by atoms with Gasteiger partial charge < -0.3 is 15.5 Å². The van der Waals surface area contributed by atoms with Crippen LogP contribution in [0.2, 0.25) is 5.02 Å². The molecule has 5 heteroatoms. The zero-order chi connectivity index (χ0) is 14.8. The third-order valence-corrected chi connectivity index (χ3v) is 4.89. The van der Waals surface area contributed by atoms with Gasteiger partial charge in [-0.2, -0.15) is 0 Å². The number of nitrogen functional groups attached to an aromatic ring is 1. The maximum absolute atomic E-state index is 12.5. The standard InChI is InChI=1S/C16H22ClN3O/c17-12-3-4-14(15(18)11-12)16(21)20-9-5-13(6-10-20)19-7-1-2-8-19/h3-4,11,13H,1-2,5-10,18H2. The van der Waals surface area contributed by atoms with Crippen LogP contribution in [0.4, 0.5) is 5.69 Å². The molecule has 3 rings (SSSR count). The summed E-state index contributed by atoms with van der Waals surface area (Å²) in [7, 11) is 0. The van der Waals surface area contributed by atoms with E-state index in [-0.39, 0.29) is 5.91 Å². The quantitative estimate of drug-likeness (QED) is 0.855. The summed E-state index contributed by atoms with van der Waals surface area (Å²) in [5.41, 5.74) is 6.95. The maximum atomic E-state index is 12.5. The number of hydrogen-bond acceptors (Lipinski definition) is 3. The number of hydrogen-bond donors (Lipinski definition) is 1. The van der Waals surface area contributed by atoms with E-state index in [4.69, 9.17) is 17.3 Å². The highest BCUT2D eigenvalue weighted by atomic mass is 35.5. The van der Waals surface area contributed by atoms with E-state index in [0.717, 1.165) is 25.9 Å². The minimum Gasteiger partial charge on any atom is -0.398 e. The van der Waals surface area contributed by atoms with Gasteiger partial charge in [-0.15, -0.1) is 0 Å². The van der Waals surface area contributed by atoms with Crippen LogP contribution in [0, 0.1) is 0 Å². The maximum Gasteiger partial charge on any atom is 0.255 e. The summed E-state index contributed by atoms with van der Waals surface area (Å²) >= 11 is 5.89. The fourth-order valence-corrected chi connectivity index (χ4v) is 3.62. The number of benzene rings is 1. The Morgan fingerprint density at radius 3 is 2.43 bits per heavy atom. The van der Waals surface area contributed by atoms with Gasteiger partial charge in [0, 0.05) is 29.8 Å². The molecule has 0 bridgehead atoms. The van der Waals surface area contributed by atoms with Crippen molar-refractivity contribution in [1.29, 1.82) is 0 Å². The monoisotopic (exact) mass is 307 g/mol. The van der Waals surface area contributed by atoms with Crippen LogP contribution in [0.15, 0.2) is 18.2 Å². The Kier molecular flexibility index (Phi) is 4.36. The van der Waals surface area contributed by atoms with Crippen molar-refractivity contribution in [2.24, 2.45) is 0 Å². The topological polar surface area (TPSA) is 49.6 Å². The number of nitrogens with zero attached hydrogens (tertiary/aromatic N) is 2. The van der Waals surface area contributed by atoms with E-state index in [9.17, 15) is 4.79 Å². The van der Waals surface area contributed by atoms with Gasteiger partial charge >= 0.3 is 0 Å². The first-order valence-electron chi connectivity index (χ1n) is 7.73. The fourth-order valence-electron chi connectivity index (χ4n) is 3.44.